The predicted molar refractivity (Wildman–Crippen MR) is 129 cm³/mol. The molecule has 192 valence electrons. The normalized spacial score (nSPS) is 12.5. The van der Waals surface area contributed by atoms with Crippen molar-refractivity contribution in [3.05, 3.63) is 59.7 Å². The lowest BCUT2D eigenvalue weighted by Crippen LogP contribution is -2.37. The summed E-state index contributed by atoms with van der Waals surface area (Å²) in [7, 11) is 2.73. The van der Waals surface area contributed by atoms with Gasteiger partial charge in [0, 0.05) is 25.9 Å². The molecule has 0 aliphatic heterocycles. The van der Waals surface area contributed by atoms with Crippen LogP contribution in [0, 0.1) is 0 Å². The van der Waals surface area contributed by atoms with Crippen molar-refractivity contribution in [2.24, 2.45) is 0 Å². The number of benzene rings is 2. The lowest BCUT2D eigenvalue weighted by atomic mass is 10.1. The molecule has 0 spiro atoms. The number of aliphatic hydroxyl groups is 2. The molecule has 2 aromatic carbocycles. The van der Waals surface area contributed by atoms with Crippen molar-refractivity contribution in [1.29, 1.82) is 0 Å². The van der Waals surface area contributed by atoms with Gasteiger partial charge in [-0.1, -0.05) is 24.3 Å². The molecule has 2 aromatic rings. The number of rotatable bonds is 16. The van der Waals surface area contributed by atoms with Gasteiger partial charge in [-0.15, -0.1) is 0 Å². The molecule has 0 aliphatic carbocycles. The second-order valence-corrected chi connectivity index (χ2v) is 8.03. The molecule has 0 aliphatic rings. The summed E-state index contributed by atoms with van der Waals surface area (Å²) in [5.41, 5.74) is 1.99. The molecular weight excluding hydrogens is 454 g/mol. The van der Waals surface area contributed by atoms with Crippen molar-refractivity contribution in [2.45, 2.75) is 37.9 Å². The van der Waals surface area contributed by atoms with Gasteiger partial charge in [-0.2, -0.15) is 0 Å². The molecule has 9 nitrogen and oxygen atoms in total. The van der Waals surface area contributed by atoms with Gasteiger partial charge in [0.1, 0.15) is 36.9 Å². The summed E-state index contributed by atoms with van der Waals surface area (Å²) < 4.78 is 20.4. The maximum atomic E-state index is 11.2. The third kappa shape index (κ3) is 11.7. The molecular formula is C26H35NO8. The topological polar surface area (TPSA) is 124 Å². The fraction of sp³-hybridized carbons (Fsp3) is 0.462. The Hall–Kier alpha value is -3.14. The van der Waals surface area contributed by atoms with Crippen molar-refractivity contribution in [3.8, 4) is 11.5 Å². The third-order valence-corrected chi connectivity index (χ3v) is 5.18. The van der Waals surface area contributed by atoms with Crippen molar-refractivity contribution < 1.29 is 38.7 Å². The van der Waals surface area contributed by atoms with Gasteiger partial charge in [0.15, 0.2) is 0 Å². The van der Waals surface area contributed by atoms with E-state index >= 15 is 0 Å². The Labute approximate surface area is 206 Å². The van der Waals surface area contributed by atoms with Crippen LogP contribution in [0.1, 0.15) is 24.0 Å². The number of carbonyl (C=O) groups excluding carboxylic acids is 2. The number of nitrogens with one attached hydrogen (secondary N) is 1. The number of methoxy groups -OCH3 is 2. The molecule has 0 saturated carbocycles. The molecule has 0 amide bonds. The second-order valence-electron chi connectivity index (χ2n) is 8.03. The highest BCUT2D eigenvalue weighted by Crippen LogP contribution is 2.15. The Kier molecular flexibility index (Phi) is 12.6. The quantitative estimate of drug-likeness (QED) is 0.302. The third-order valence-electron chi connectivity index (χ3n) is 5.18. The average molecular weight is 490 g/mol. The first-order valence-electron chi connectivity index (χ1n) is 11.5. The molecule has 0 heterocycles. The van der Waals surface area contributed by atoms with Crippen LogP contribution in [0.25, 0.3) is 0 Å². The van der Waals surface area contributed by atoms with Gasteiger partial charge < -0.3 is 34.5 Å². The Bertz CT molecular complexity index is 812. The highest BCUT2D eigenvalue weighted by Gasteiger charge is 2.10. The van der Waals surface area contributed by atoms with E-state index in [0.29, 0.717) is 37.2 Å². The predicted octanol–water partition coefficient (Wildman–Crippen LogP) is 1.67. The molecule has 2 atom stereocenters. The molecule has 35 heavy (non-hydrogen) atoms. The first-order chi connectivity index (χ1) is 16.9. The number of aryl methyl sites for hydroxylation is 2. The number of hydrogen-bond donors (Lipinski definition) is 3. The Morgan fingerprint density at radius 2 is 1.09 bits per heavy atom. The van der Waals surface area contributed by atoms with E-state index in [0.717, 1.165) is 11.1 Å². The Morgan fingerprint density at radius 1 is 0.714 bits per heavy atom. The first-order valence-corrected chi connectivity index (χ1v) is 11.5. The van der Waals surface area contributed by atoms with Crippen LogP contribution in [0.15, 0.2) is 48.5 Å². The maximum Gasteiger partial charge on any atom is 0.305 e. The Balaban J connectivity index is 1.58. The summed E-state index contributed by atoms with van der Waals surface area (Å²) in [6.45, 7) is 0.708. The smallest absolute Gasteiger partial charge is 0.305 e. The van der Waals surface area contributed by atoms with E-state index in [-0.39, 0.29) is 38.2 Å². The summed E-state index contributed by atoms with van der Waals surface area (Å²) in [6.07, 6.45) is 0.326. The van der Waals surface area contributed by atoms with E-state index < -0.39 is 12.2 Å². The monoisotopic (exact) mass is 489 g/mol. The standard InChI is InChI=1S/C26H35NO8/c1-32-25(30)13-7-19-3-9-23(10-4-19)34-17-21(28)15-27-16-22(29)18-35-24-11-5-20(6-12-24)8-14-26(31)33-2/h3-6,9-12,21-22,27-29H,7-8,13-18H2,1-2H3. The van der Waals surface area contributed by atoms with E-state index in [1.165, 1.54) is 14.2 Å². The molecule has 0 bridgehead atoms. The minimum atomic E-state index is -0.750. The summed E-state index contributed by atoms with van der Waals surface area (Å²) in [4.78, 5) is 22.4. The van der Waals surface area contributed by atoms with Gasteiger partial charge in [-0.3, -0.25) is 9.59 Å². The van der Waals surface area contributed by atoms with Crippen molar-refractivity contribution in [3.63, 3.8) is 0 Å². The SMILES string of the molecule is COC(=O)CCc1ccc(OCC(O)CNCC(O)COc2ccc(CCC(=O)OC)cc2)cc1. The number of carbonyl (C=O) groups is 2. The van der Waals surface area contributed by atoms with Gasteiger partial charge in [0.05, 0.1) is 14.2 Å². The molecule has 0 aromatic heterocycles. The van der Waals surface area contributed by atoms with Gasteiger partial charge in [-0.25, -0.2) is 0 Å². The number of esters is 2. The van der Waals surface area contributed by atoms with Crippen LogP contribution in [0.3, 0.4) is 0 Å². The number of aliphatic hydroxyl groups excluding tert-OH is 2. The fourth-order valence-electron chi connectivity index (χ4n) is 3.12. The van der Waals surface area contributed by atoms with Crippen LogP contribution in [-0.4, -0.2) is 74.9 Å². The van der Waals surface area contributed by atoms with E-state index in [2.05, 4.69) is 14.8 Å². The van der Waals surface area contributed by atoms with Gasteiger partial charge >= 0.3 is 11.9 Å². The van der Waals surface area contributed by atoms with Gasteiger partial charge in [0.25, 0.3) is 0 Å². The summed E-state index contributed by atoms with van der Waals surface area (Å²) in [6, 6.07) is 14.6. The highest BCUT2D eigenvalue weighted by molar-refractivity contribution is 5.69. The molecule has 0 radical (unpaired) electrons. The molecule has 0 saturated heterocycles. The number of ether oxygens (including phenoxy) is 4. The highest BCUT2D eigenvalue weighted by atomic mass is 16.5. The molecule has 0 fully saturated rings. The van der Waals surface area contributed by atoms with E-state index in [9.17, 15) is 19.8 Å². The molecule has 2 rings (SSSR count). The van der Waals surface area contributed by atoms with Gasteiger partial charge in [-0.05, 0) is 48.2 Å². The average Bonchev–Trinajstić information content (AvgIpc) is 2.89. The Morgan fingerprint density at radius 3 is 1.43 bits per heavy atom. The molecule has 9 heteroatoms. The minimum Gasteiger partial charge on any atom is -0.491 e. The maximum absolute atomic E-state index is 11.2. The van der Waals surface area contributed by atoms with Crippen LogP contribution in [0.4, 0.5) is 0 Å². The van der Waals surface area contributed by atoms with Crippen molar-refractivity contribution in [2.75, 3.05) is 40.5 Å². The van der Waals surface area contributed by atoms with E-state index in [1.807, 2.05) is 24.3 Å². The summed E-state index contributed by atoms with van der Waals surface area (Å²) in [5, 5.41) is 23.2. The zero-order valence-corrected chi connectivity index (χ0v) is 20.3. The molecule has 2 unspecified atom stereocenters. The van der Waals surface area contributed by atoms with E-state index in [4.69, 9.17) is 9.47 Å². The van der Waals surface area contributed by atoms with Crippen LogP contribution in [0.2, 0.25) is 0 Å². The van der Waals surface area contributed by atoms with E-state index in [1.54, 1.807) is 24.3 Å². The van der Waals surface area contributed by atoms with Gasteiger partial charge in [0.2, 0.25) is 0 Å². The van der Waals surface area contributed by atoms with Crippen LogP contribution in [0.5, 0.6) is 11.5 Å². The van der Waals surface area contributed by atoms with Crippen LogP contribution >= 0.6 is 0 Å². The zero-order chi connectivity index (χ0) is 25.5. The van der Waals surface area contributed by atoms with Crippen LogP contribution < -0.4 is 14.8 Å². The number of hydrogen-bond acceptors (Lipinski definition) is 9. The lowest BCUT2D eigenvalue weighted by Gasteiger charge is -2.16. The van der Waals surface area contributed by atoms with Crippen molar-refractivity contribution >= 4 is 11.9 Å². The lowest BCUT2D eigenvalue weighted by molar-refractivity contribution is -0.141. The fourth-order valence-corrected chi connectivity index (χ4v) is 3.12. The largest absolute Gasteiger partial charge is 0.491 e. The second kappa shape index (κ2) is 15.7. The summed E-state index contributed by atoms with van der Waals surface area (Å²) in [5.74, 6) is 0.743. The first kappa shape index (κ1) is 28.1. The minimum absolute atomic E-state index is 0.101. The van der Waals surface area contributed by atoms with Crippen LogP contribution in [-0.2, 0) is 31.9 Å². The summed E-state index contributed by atoms with van der Waals surface area (Å²) >= 11 is 0. The molecule has 3 N–H and O–H groups in total. The zero-order valence-electron chi connectivity index (χ0n) is 20.3. The van der Waals surface area contributed by atoms with Crippen molar-refractivity contribution in [1.82, 2.24) is 5.32 Å².